The molecule has 0 aliphatic carbocycles. The second-order valence-electron chi connectivity index (χ2n) is 4.24. The van der Waals surface area contributed by atoms with Crippen molar-refractivity contribution in [3.63, 3.8) is 0 Å². The number of amides is 1. The van der Waals surface area contributed by atoms with E-state index in [1.54, 1.807) is 7.05 Å². The molecule has 0 radical (unpaired) electrons. The van der Waals surface area contributed by atoms with Gasteiger partial charge in [0.05, 0.1) is 11.8 Å². The molecule has 2 aromatic rings. The Labute approximate surface area is 129 Å². The summed E-state index contributed by atoms with van der Waals surface area (Å²) in [6.07, 6.45) is 0.979. The lowest BCUT2D eigenvalue weighted by Crippen LogP contribution is -2.27. The molecule has 2 rings (SSSR count). The van der Waals surface area contributed by atoms with Gasteiger partial charge in [0.2, 0.25) is 0 Å². The van der Waals surface area contributed by atoms with Gasteiger partial charge in [-0.25, -0.2) is 9.37 Å². The van der Waals surface area contributed by atoms with Crippen LogP contribution in [-0.4, -0.2) is 22.8 Å². The molecule has 0 saturated carbocycles. The van der Waals surface area contributed by atoms with Crippen molar-refractivity contribution in [3.8, 4) is 0 Å². The minimum absolute atomic E-state index is 0.00428. The molecule has 1 heterocycles. The molecule has 0 spiro atoms. The summed E-state index contributed by atoms with van der Waals surface area (Å²) in [6.45, 7) is 0.382. The Hall–Kier alpha value is -1.46. The molecule has 0 N–H and O–H groups in total. The van der Waals surface area contributed by atoms with Gasteiger partial charge in [-0.1, -0.05) is 45.7 Å². The Morgan fingerprint density at radius 1 is 1.45 bits per heavy atom. The molecule has 1 amide bonds. The van der Waals surface area contributed by atoms with Crippen LogP contribution in [0.3, 0.4) is 0 Å². The third-order valence-corrected chi connectivity index (χ3v) is 3.82. The first kappa shape index (κ1) is 14.9. The van der Waals surface area contributed by atoms with E-state index in [9.17, 15) is 9.18 Å². The maximum Gasteiger partial charge on any atom is 0.257 e. The van der Waals surface area contributed by atoms with E-state index in [0.29, 0.717) is 6.54 Å². The first-order valence-corrected chi connectivity index (χ1v) is 6.96. The molecule has 3 nitrogen and oxygen atoms in total. The second-order valence-corrected chi connectivity index (χ2v) is 5.46. The van der Waals surface area contributed by atoms with Crippen LogP contribution in [0.5, 0.6) is 0 Å². The first-order chi connectivity index (χ1) is 9.49. The number of halogens is 3. The van der Waals surface area contributed by atoms with Crippen molar-refractivity contribution in [2.24, 2.45) is 0 Å². The quantitative estimate of drug-likeness (QED) is 0.780. The van der Waals surface area contributed by atoms with Crippen molar-refractivity contribution in [1.82, 2.24) is 9.88 Å². The average molecular weight is 358 g/mol. The molecule has 104 valence electrons. The topological polar surface area (TPSA) is 33.2 Å². The van der Waals surface area contributed by atoms with E-state index in [2.05, 4.69) is 20.9 Å². The van der Waals surface area contributed by atoms with E-state index in [1.807, 2.05) is 24.3 Å². The van der Waals surface area contributed by atoms with Crippen molar-refractivity contribution < 1.29 is 9.18 Å². The molecular weight excluding hydrogens is 347 g/mol. The van der Waals surface area contributed by atoms with Crippen LogP contribution >= 0.6 is 27.5 Å². The van der Waals surface area contributed by atoms with E-state index >= 15 is 0 Å². The van der Waals surface area contributed by atoms with Gasteiger partial charge in [0.25, 0.3) is 5.91 Å². The summed E-state index contributed by atoms with van der Waals surface area (Å²) in [5, 5.41) is -0.00428. The molecule has 0 fully saturated rings. The summed E-state index contributed by atoms with van der Waals surface area (Å²) < 4.78 is 14.1. The van der Waals surface area contributed by atoms with E-state index in [4.69, 9.17) is 11.6 Å². The van der Waals surface area contributed by atoms with Crippen molar-refractivity contribution in [1.29, 1.82) is 0 Å². The zero-order valence-corrected chi connectivity index (χ0v) is 12.9. The molecule has 0 saturated heterocycles. The van der Waals surface area contributed by atoms with Gasteiger partial charge >= 0.3 is 0 Å². The standard InChI is InChI=1S/C14H11BrClFN2O/c1-19(8-9-4-2-3-5-12(9)15)14(20)11-6-10(17)7-18-13(11)16/h2-7H,8H2,1H3. The molecule has 1 aromatic carbocycles. The van der Waals surface area contributed by atoms with Crippen molar-refractivity contribution in [2.75, 3.05) is 7.05 Å². The molecule has 0 aliphatic heterocycles. The highest BCUT2D eigenvalue weighted by Crippen LogP contribution is 2.20. The molecule has 0 unspecified atom stereocenters. The Morgan fingerprint density at radius 3 is 2.85 bits per heavy atom. The highest BCUT2D eigenvalue weighted by atomic mass is 79.9. The number of nitrogens with zero attached hydrogens (tertiary/aromatic N) is 2. The SMILES string of the molecule is CN(Cc1ccccc1Br)C(=O)c1cc(F)cnc1Cl. The summed E-state index contributed by atoms with van der Waals surface area (Å²) in [6, 6.07) is 8.66. The number of benzene rings is 1. The fourth-order valence-corrected chi connectivity index (χ4v) is 2.33. The van der Waals surface area contributed by atoms with E-state index < -0.39 is 5.82 Å². The van der Waals surface area contributed by atoms with E-state index in [1.165, 1.54) is 4.90 Å². The fourth-order valence-electron chi connectivity index (χ4n) is 1.73. The lowest BCUT2D eigenvalue weighted by Gasteiger charge is -2.18. The molecule has 1 aromatic heterocycles. The second kappa shape index (κ2) is 6.33. The Morgan fingerprint density at radius 2 is 2.15 bits per heavy atom. The lowest BCUT2D eigenvalue weighted by atomic mass is 10.2. The lowest BCUT2D eigenvalue weighted by molar-refractivity contribution is 0.0784. The number of carbonyl (C=O) groups excluding carboxylic acids is 1. The largest absolute Gasteiger partial charge is 0.337 e. The fraction of sp³-hybridized carbons (Fsp3) is 0.143. The van der Waals surface area contributed by atoms with Crippen molar-refractivity contribution in [2.45, 2.75) is 6.54 Å². The molecule has 0 aliphatic rings. The number of carbonyl (C=O) groups is 1. The summed E-state index contributed by atoms with van der Waals surface area (Å²) >= 11 is 9.25. The highest BCUT2D eigenvalue weighted by molar-refractivity contribution is 9.10. The van der Waals surface area contributed by atoms with Crippen LogP contribution in [0.2, 0.25) is 5.15 Å². The van der Waals surface area contributed by atoms with Gasteiger partial charge in [-0.3, -0.25) is 4.79 Å². The molecule has 0 bridgehead atoms. The van der Waals surface area contributed by atoms with Crippen molar-refractivity contribution in [3.05, 3.63) is 63.1 Å². The van der Waals surface area contributed by atoms with Crippen LogP contribution in [0.15, 0.2) is 41.0 Å². The number of hydrogen-bond acceptors (Lipinski definition) is 2. The summed E-state index contributed by atoms with van der Waals surface area (Å²) in [4.78, 5) is 17.4. The van der Waals surface area contributed by atoms with Gasteiger partial charge in [-0.05, 0) is 17.7 Å². The highest BCUT2D eigenvalue weighted by Gasteiger charge is 2.17. The van der Waals surface area contributed by atoms with Gasteiger partial charge in [0.15, 0.2) is 0 Å². The number of pyridine rings is 1. The summed E-state index contributed by atoms with van der Waals surface area (Å²) in [7, 11) is 1.63. The van der Waals surface area contributed by atoms with Crippen LogP contribution < -0.4 is 0 Å². The predicted octanol–water partition coefficient (Wildman–Crippen LogP) is 3.91. The summed E-state index contributed by atoms with van der Waals surface area (Å²) in [5.41, 5.74) is 1.00. The number of hydrogen-bond donors (Lipinski definition) is 0. The van der Waals surface area contributed by atoms with Crippen LogP contribution in [0.4, 0.5) is 4.39 Å². The Bertz CT molecular complexity index is 651. The van der Waals surface area contributed by atoms with Gasteiger partial charge in [-0.15, -0.1) is 0 Å². The smallest absolute Gasteiger partial charge is 0.257 e. The van der Waals surface area contributed by atoms with Crippen LogP contribution in [0.25, 0.3) is 0 Å². The first-order valence-electron chi connectivity index (χ1n) is 5.79. The Balaban J connectivity index is 2.21. The minimum Gasteiger partial charge on any atom is -0.337 e. The van der Waals surface area contributed by atoms with Crippen molar-refractivity contribution >= 4 is 33.4 Å². The molecule has 20 heavy (non-hydrogen) atoms. The third kappa shape index (κ3) is 3.35. The molecule has 6 heteroatoms. The minimum atomic E-state index is -0.591. The van der Waals surface area contributed by atoms with Crippen LogP contribution in [0, 0.1) is 5.82 Å². The van der Waals surface area contributed by atoms with E-state index in [0.717, 1.165) is 22.3 Å². The number of aromatic nitrogens is 1. The van der Waals surface area contributed by atoms with Gasteiger partial charge < -0.3 is 4.90 Å². The average Bonchev–Trinajstić information content (AvgIpc) is 2.43. The normalized spacial score (nSPS) is 10.4. The zero-order chi connectivity index (χ0) is 14.7. The van der Waals surface area contributed by atoms with Crippen LogP contribution in [0.1, 0.15) is 15.9 Å². The zero-order valence-electron chi connectivity index (χ0n) is 10.6. The predicted molar refractivity (Wildman–Crippen MR) is 79.1 cm³/mol. The third-order valence-electron chi connectivity index (χ3n) is 2.75. The van der Waals surface area contributed by atoms with Gasteiger partial charge in [0.1, 0.15) is 11.0 Å². The van der Waals surface area contributed by atoms with Crippen LogP contribution in [-0.2, 0) is 6.54 Å². The monoisotopic (exact) mass is 356 g/mol. The molecular formula is C14H11BrClFN2O. The van der Waals surface area contributed by atoms with E-state index in [-0.39, 0.29) is 16.6 Å². The summed E-state index contributed by atoms with van der Waals surface area (Å²) in [5.74, 6) is -0.968. The molecule has 0 atom stereocenters. The number of rotatable bonds is 3. The van der Waals surface area contributed by atoms with Gasteiger partial charge in [-0.2, -0.15) is 0 Å². The maximum absolute atomic E-state index is 13.2. The van der Waals surface area contributed by atoms with Gasteiger partial charge in [0, 0.05) is 18.1 Å². The Kier molecular flexibility index (Phi) is 4.73. The maximum atomic E-state index is 13.2.